The third kappa shape index (κ3) is 6.22. The number of hydrogen-bond donors (Lipinski definition) is 1. The Morgan fingerprint density at radius 2 is 1.61 bits per heavy atom. The lowest BCUT2D eigenvalue weighted by molar-refractivity contribution is -0.0240. The zero-order valence-corrected chi connectivity index (χ0v) is 13.8. The smallest absolute Gasteiger partial charge is 0.0647 e. The van der Waals surface area contributed by atoms with Gasteiger partial charge >= 0.3 is 0 Å². The molecule has 0 aliphatic rings. The molecule has 4 atom stereocenters. The van der Waals surface area contributed by atoms with E-state index in [1.165, 1.54) is 19.3 Å². The van der Waals surface area contributed by atoms with Gasteiger partial charge in [0.15, 0.2) is 0 Å². The number of hydrogen-bond acceptors (Lipinski definition) is 1. The van der Waals surface area contributed by atoms with E-state index in [1.807, 2.05) is 6.92 Å². The Labute approximate surface area is 115 Å². The molecule has 1 N–H and O–H groups in total. The van der Waals surface area contributed by atoms with Crippen LogP contribution in [-0.2, 0) is 0 Å². The van der Waals surface area contributed by atoms with Crippen LogP contribution < -0.4 is 0 Å². The van der Waals surface area contributed by atoms with E-state index < -0.39 is 5.60 Å². The maximum atomic E-state index is 10.6. The van der Waals surface area contributed by atoms with Crippen LogP contribution in [0.1, 0.15) is 80.6 Å². The van der Waals surface area contributed by atoms with Crippen molar-refractivity contribution in [2.24, 2.45) is 23.7 Å². The van der Waals surface area contributed by atoms with Gasteiger partial charge in [0.05, 0.1) is 5.60 Å². The Bertz CT molecular complexity index is 208. The molecular formula is C17H36O. The van der Waals surface area contributed by atoms with Gasteiger partial charge in [-0.15, -0.1) is 0 Å². The van der Waals surface area contributed by atoms with E-state index in [0.29, 0.717) is 11.8 Å². The first-order chi connectivity index (χ1) is 8.24. The second kappa shape index (κ2) is 8.19. The van der Waals surface area contributed by atoms with Gasteiger partial charge in [-0.05, 0) is 43.4 Å². The molecule has 0 aromatic rings. The molecule has 0 bridgehead atoms. The van der Waals surface area contributed by atoms with Crippen molar-refractivity contribution in [1.29, 1.82) is 0 Å². The normalized spacial score (nSPS) is 20.5. The monoisotopic (exact) mass is 256 g/mol. The highest BCUT2D eigenvalue weighted by molar-refractivity contribution is 4.83. The van der Waals surface area contributed by atoms with E-state index >= 15 is 0 Å². The first kappa shape index (κ1) is 18.0. The molecular weight excluding hydrogens is 220 g/mol. The molecule has 0 saturated carbocycles. The molecule has 0 aliphatic heterocycles. The summed E-state index contributed by atoms with van der Waals surface area (Å²) in [6.07, 6.45) is 5.90. The third-order valence-corrected chi connectivity index (χ3v) is 4.61. The van der Waals surface area contributed by atoms with Crippen molar-refractivity contribution in [2.75, 3.05) is 0 Å². The van der Waals surface area contributed by atoms with Crippen LogP contribution in [0.2, 0.25) is 0 Å². The second-order valence-electron chi connectivity index (χ2n) is 7.03. The number of aliphatic hydroxyl groups is 1. The van der Waals surface area contributed by atoms with Crippen molar-refractivity contribution >= 4 is 0 Å². The lowest BCUT2D eigenvalue weighted by atomic mass is 9.74. The Hall–Kier alpha value is -0.0400. The van der Waals surface area contributed by atoms with Gasteiger partial charge < -0.3 is 5.11 Å². The summed E-state index contributed by atoms with van der Waals surface area (Å²) < 4.78 is 0. The van der Waals surface area contributed by atoms with Crippen molar-refractivity contribution in [3.05, 3.63) is 0 Å². The Balaban J connectivity index is 4.45. The summed E-state index contributed by atoms with van der Waals surface area (Å²) in [5.74, 6) is 2.51. The summed E-state index contributed by atoms with van der Waals surface area (Å²) in [5, 5.41) is 10.6. The summed E-state index contributed by atoms with van der Waals surface area (Å²) in [6, 6.07) is 0. The SMILES string of the molecule is CCCC(C)C(CC)CC(C)C(C)(O)CC(C)C. The Morgan fingerprint density at radius 3 is 2.00 bits per heavy atom. The lowest BCUT2D eigenvalue weighted by Crippen LogP contribution is -2.36. The van der Waals surface area contributed by atoms with Gasteiger partial charge in [0.2, 0.25) is 0 Å². The molecule has 0 fully saturated rings. The predicted octanol–water partition coefficient (Wildman–Crippen LogP) is 5.27. The average Bonchev–Trinajstić information content (AvgIpc) is 2.23. The van der Waals surface area contributed by atoms with Crippen LogP contribution in [0.5, 0.6) is 0 Å². The fourth-order valence-electron chi connectivity index (χ4n) is 3.23. The van der Waals surface area contributed by atoms with Crippen LogP contribution in [0.3, 0.4) is 0 Å². The molecule has 1 heteroatoms. The molecule has 0 heterocycles. The fraction of sp³-hybridized carbons (Fsp3) is 1.00. The minimum atomic E-state index is -0.506. The van der Waals surface area contributed by atoms with Gasteiger partial charge in [-0.2, -0.15) is 0 Å². The number of rotatable bonds is 9. The summed E-state index contributed by atoms with van der Waals surface area (Å²) in [4.78, 5) is 0. The molecule has 0 saturated heterocycles. The van der Waals surface area contributed by atoms with Gasteiger partial charge in [-0.3, -0.25) is 0 Å². The van der Waals surface area contributed by atoms with E-state index in [4.69, 9.17) is 0 Å². The average molecular weight is 256 g/mol. The summed E-state index contributed by atoms with van der Waals surface area (Å²) in [7, 11) is 0. The van der Waals surface area contributed by atoms with Crippen LogP contribution >= 0.6 is 0 Å². The maximum absolute atomic E-state index is 10.6. The molecule has 0 rings (SSSR count). The lowest BCUT2D eigenvalue weighted by Gasteiger charge is -2.35. The maximum Gasteiger partial charge on any atom is 0.0647 e. The largest absolute Gasteiger partial charge is 0.390 e. The minimum absolute atomic E-state index is 0.393. The standard InChI is InChI=1S/C17H36O/c1-8-10-14(5)16(9-2)11-15(6)17(7,18)12-13(3)4/h13-16,18H,8-12H2,1-7H3. The van der Waals surface area contributed by atoms with Gasteiger partial charge in [0.25, 0.3) is 0 Å². The molecule has 0 aromatic heterocycles. The van der Waals surface area contributed by atoms with Crippen molar-refractivity contribution < 1.29 is 5.11 Å². The van der Waals surface area contributed by atoms with E-state index in [9.17, 15) is 5.11 Å². The van der Waals surface area contributed by atoms with Crippen LogP contribution in [0.15, 0.2) is 0 Å². The summed E-state index contributed by atoms with van der Waals surface area (Å²) in [6.45, 7) is 15.6. The highest BCUT2D eigenvalue weighted by Gasteiger charge is 2.31. The topological polar surface area (TPSA) is 20.2 Å². The van der Waals surface area contributed by atoms with Crippen LogP contribution in [0, 0.1) is 23.7 Å². The molecule has 0 aliphatic carbocycles. The molecule has 110 valence electrons. The van der Waals surface area contributed by atoms with Crippen molar-refractivity contribution in [3.63, 3.8) is 0 Å². The van der Waals surface area contributed by atoms with Gasteiger partial charge in [-0.1, -0.05) is 60.8 Å². The van der Waals surface area contributed by atoms with Crippen molar-refractivity contribution in [3.8, 4) is 0 Å². The van der Waals surface area contributed by atoms with E-state index in [-0.39, 0.29) is 0 Å². The Morgan fingerprint density at radius 1 is 1.06 bits per heavy atom. The summed E-state index contributed by atoms with van der Waals surface area (Å²) >= 11 is 0. The fourth-order valence-corrected chi connectivity index (χ4v) is 3.23. The minimum Gasteiger partial charge on any atom is -0.390 e. The van der Waals surface area contributed by atoms with Crippen molar-refractivity contribution in [1.82, 2.24) is 0 Å². The zero-order chi connectivity index (χ0) is 14.3. The first-order valence-corrected chi connectivity index (χ1v) is 7.96. The van der Waals surface area contributed by atoms with E-state index in [2.05, 4.69) is 41.5 Å². The van der Waals surface area contributed by atoms with Gasteiger partial charge in [0, 0.05) is 0 Å². The highest BCUT2D eigenvalue weighted by atomic mass is 16.3. The van der Waals surface area contributed by atoms with E-state index in [1.54, 1.807) is 0 Å². The quantitative estimate of drug-likeness (QED) is 0.595. The highest BCUT2D eigenvalue weighted by Crippen LogP contribution is 2.34. The van der Waals surface area contributed by atoms with Gasteiger partial charge in [-0.25, -0.2) is 0 Å². The van der Waals surface area contributed by atoms with Crippen LogP contribution in [0.25, 0.3) is 0 Å². The second-order valence-corrected chi connectivity index (χ2v) is 7.03. The molecule has 0 radical (unpaired) electrons. The van der Waals surface area contributed by atoms with Crippen LogP contribution in [0.4, 0.5) is 0 Å². The third-order valence-electron chi connectivity index (χ3n) is 4.61. The Kier molecular flexibility index (Phi) is 8.18. The molecule has 18 heavy (non-hydrogen) atoms. The predicted molar refractivity (Wildman–Crippen MR) is 81.7 cm³/mol. The summed E-state index contributed by atoms with van der Waals surface area (Å²) in [5.41, 5.74) is -0.506. The molecule has 1 nitrogen and oxygen atoms in total. The van der Waals surface area contributed by atoms with Crippen LogP contribution in [-0.4, -0.2) is 10.7 Å². The first-order valence-electron chi connectivity index (χ1n) is 7.96. The molecule has 0 aromatic carbocycles. The van der Waals surface area contributed by atoms with E-state index in [0.717, 1.165) is 24.7 Å². The molecule has 4 unspecified atom stereocenters. The van der Waals surface area contributed by atoms with Crippen molar-refractivity contribution in [2.45, 2.75) is 86.2 Å². The molecule has 0 spiro atoms. The van der Waals surface area contributed by atoms with Gasteiger partial charge in [0.1, 0.15) is 0 Å². The zero-order valence-electron chi connectivity index (χ0n) is 13.8. The molecule has 0 amide bonds.